The molecule has 1 aliphatic carbocycles. The highest BCUT2D eigenvalue weighted by molar-refractivity contribution is 6.32. The Morgan fingerprint density at radius 2 is 2.00 bits per heavy atom. The zero-order chi connectivity index (χ0) is 11.7. The highest BCUT2D eigenvalue weighted by atomic mass is 35.5. The van der Waals surface area contributed by atoms with Crippen LogP contribution in [0.25, 0.3) is 0 Å². The summed E-state index contributed by atoms with van der Waals surface area (Å²) < 4.78 is 5.98. The second-order valence-corrected chi connectivity index (χ2v) is 5.73. The van der Waals surface area contributed by atoms with Crippen LogP contribution < -0.4 is 10.1 Å². The number of hydrogen-bond acceptors (Lipinski definition) is 2. The van der Waals surface area contributed by atoms with Crippen LogP contribution in [0, 0.1) is 5.41 Å². The van der Waals surface area contributed by atoms with E-state index in [1.54, 1.807) is 0 Å². The number of anilines is 1. The number of benzene rings is 1. The van der Waals surface area contributed by atoms with Crippen molar-refractivity contribution in [3.05, 3.63) is 23.2 Å². The molecule has 1 fully saturated rings. The third-order valence-electron chi connectivity index (χ3n) is 4.06. The van der Waals surface area contributed by atoms with Gasteiger partial charge in [-0.15, -0.1) is 0 Å². The predicted octanol–water partition coefficient (Wildman–Crippen LogP) is 4.09. The van der Waals surface area contributed by atoms with Crippen molar-refractivity contribution in [3.63, 3.8) is 0 Å². The summed E-state index contributed by atoms with van der Waals surface area (Å²) in [4.78, 5) is 0. The summed E-state index contributed by atoms with van der Waals surface area (Å²) in [5, 5.41) is 4.23. The molecular weight excluding hydrogens is 234 g/mol. The van der Waals surface area contributed by atoms with Gasteiger partial charge in [0.25, 0.3) is 0 Å². The Morgan fingerprint density at radius 1 is 1.18 bits per heavy atom. The van der Waals surface area contributed by atoms with Crippen LogP contribution in [-0.4, -0.2) is 13.2 Å². The molecule has 2 nitrogen and oxygen atoms in total. The molecule has 0 amide bonds. The molecule has 1 aromatic rings. The largest absolute Gasteiger partial charge is 0.489 e. The van der Waals surface area contributed by atoms with E-state index < -0.39 is 0 Å². The van der Waals surface area contributed by atoms with Gasteiger partial charge in [0.1, 0.15) is 0 Å². The molecule has 1 heterocycles. The molecule has 1 saturated carbocycles. The van der Waals surface area contributed by atoms with Gasteiger partial charge in [-0.25, -0.2) is 0 Å². The van der Waals surface area contributed by atoms with Crippen LogP contribution in [0.1, 0.15) is 32.1 Å². The molecule has 0 atom stereocenters. The number of fused-ring (bicyclic) bond motifs is 1. The Bertz CT molecular complexity index is 413. The van der Waals surface area contributed by atoms with Gasteiger partial charge in [-0.3, -0.25) is 0 Å². The zero-order valence-electron chi connectivity index (χ0n) is 9.97. The van der Waals surface area contributed by atoms with E-state index in [4.69, 9.17) is 16.3 Å². The molecule has 1 N–H and O–H groups in total. The Balaban J connectivity index is 1.85. The lowest BCUT2D eigenvalue weighted by atomic mass is 9.74. The Kier molecular flexibility index (Phi) is 2.91. The van der Waals surface area contributed by atoms with Gasteiger partial charge in [0.15, 0.2) is 5.75 Å². The van der Waals surface area contributed by atoms with Crippen LogP contribution in [-0.2, 0) is 0 Å². The quantitative estimate of drug-likeness (QED) is 0.750. The third-order valence-corrected chi connectivity index (χ3v) is 4.36. The summed E-state index contributed by atoms with van der Waals surface area (Å²) in [5.74, 6) is 0.830. The highest BCUT2D eigenvalue weighted by Gasteiger charge is 2.35. The topological polar surface area (TPSA) is 21.3 Å². The SMILES string of the molecule is Clc1cccc2c1OCC1(CCCCC1)CN2. The van der Waals surface area contributed by atoms with Gasteiger partial charge in [-0.2, -0.15) is 0 Å². The second-order valence-electron chi connectivity index (χ2n) is 5.32. The Morgan fingerprint density at radius 3 is 2.82 bits per heavy atom. The highest BCUT2D eigenvalue weighted by Crippen LogP contribution is 2.42. The van der Waals surface area contributed by atoms with E-state index in [1.165, 1.54) is 32.1 Å². The minimum Gasteiger partial charge on any atom is -0.489 e. The zero-order valence-corrected chi connectivity index (χ0v) is 10.7. The first-order valence-electron chi connectivity index (χ1n) is 6.44. The minimum atomic E-state index is 0.320. The molecule has 0 unspecified atom stereocenters. The van der Waals surface area contributed by atoms with Crippen LogP contribution in [0.3, 0.4) is 0 Å². The number of ether oxygens (including phenoxy) is 1. The van der Waals surface area contributed by atoms with Crippen LogP contribution in [0.4, 0.5) is 5.69 Å². The van der Waals surface area contributed by atoms with Crippen molar-refractivity contribution in [2.24, 2.45) is 5.41 Å². The maximum absolute atomic E-state index is 6.18. The van der Waals surface area contributed by atoms with Crippen LogP contribution in [0.2, 0.25) is 5.02 Å². The molecule has 92 valence electrons. The van der Waals surface area contributed by atoms with E-state index in [0.29, 0.717) is 10.4 Å². The van der Waals surface area contributed by atoms with Crippen LogP contribution in [0.5, 0.6) is 5.75 Å². The molecule has 0 saturated heterocycles. The van der Waals surface area contributed by atoms with Crippen molar-refractivity contribution < 1.29 is 4.74 Å². The molecular formula is C14H18ClNO. The Hall–Kier alpha value is -0.890. The molecule has 1 spiro atoms. The summed E-state index contributed by atoms with van der Waals surface area (Å²) in [7, 11) is 0. The molecule has 0 aromatic heterocycles. The van der Waals surface area contributed by atoms with Gasteiger partial charge in [-0.1, -0.05) is 36.9 Å². The molecule has 1 aliphatic heterocycles. The average molecular weight is 252 g/mol. The fourth-order valence-electron chi connectivity index (χ4n) is 2.98. The first-order valence-corrected chi connectivity index (χ1v) is 6.82. The van der Waals surface area contributed by atoms with E-state index in [9.17, 15) is 0 Å². The fourth-order valence-corrected chi connectivity index (χ4v) is 3.21. The van der Waals surface area contributed by atoms with E-state index in [1.807, 2.05) is 18.2 Å². The van der Waals surface area contributed by atoms with Crippen molar-refractivity contribution in [2.75, 3.05) is 18.5 Å². The molecule has 3 heteroatoms. The second kappa shape index (κ2) is 4.41. The predicted molar refractivity (Wildman–Crippen MR) is 71.0 cm³/mol. The van der Waals surface area contributed by atoms with Gasteiger partial charge in [-0.05, 0) is 25.0 Å². The number of halogens is 1. The normalized spacial score (nSPS) is 22.2. The summed E-state index contributed by atoms with van der Waals surface area (Å²) >= 11 is 6.18. The van der Waals surface area contributed by atoms with Gasteiger partial charge in [0, 0.05) is 12.0 Å². The first-order chi connectivity index (χ1) is 8.29. The lowest BCUT2D eigenvalue weighted by Crippen LogP contribution is -2.36. The van der Waals surface area contributed by atoms with Gasteiger partial charge < -0.3 is 10.1 Å². The molecule has 0 radical (unpaired) electrons. The van der Waals surface area contributed by atoms with Crippen LogP contribution in [0.15, 0.2) is 18.2 Å². The van der Waals surface area contributed by atoms with E-state index in [0.717, 1.165) is 24.6 Å². The van der Waals surface area contributed by atoms with Gasteiger partial charge >= 0.3 is 0 Å². The maximum Gasteiger partial charge on any atom is 0.160 e. The summed E-state index contributed by atoms with van der Waals surface area (Å²) in [6.45, 7) is 1.82. The van der Waals surface area contributed by atoms with E-state index in [2.05, 4.69) is 5.32 Å². The molecule has 1 aromatic carbocycles. The third kappa shape index (κ3) is 2.11. The molecule has 2 aliphatic rings. The molecule has 0 bridgehead atoms. The number of hydrogen-bond donors (Lipinski definition) is 1. The summed E-state index contributed by atoms with van der Waals surface area (Å²) in [6, 6.07) is 5.90. The summed E-state index contributed by atoms with van der Waals surface area (Å²) in [5.41, 5.74) is 1.36. The lowest BCUT2D eigenvalue weighted by molar-refractivity contribution is 0.116. The number of rotatable bonds is 0. The minimum absolute atomic E-state index is 0.320. The summed E-state index contributed by atoms with van der Waals surface area (Å²) in [6.07, 6.45) is 6.57. The fraction of sp³-hybridized carbons (Fsp3) is 0.571. The number of para-hydroxylation sites is 1. The molecule has 3 rings (SSSR count). The van der Waals surface area contributed by atoms with Gasteiger partial charge in [0.2, 0.25) is 0 Å². The van der Waals surface area contributed by atoms with E-state index in [-0.39, 0.29) is 0 Å². The standard InChI is InChI=1S/C14H18ClNO/c15-11-5-4-6-12-13(11)17-10-14(9-16-12)7-2-1-3-8-14/h4-6,16H,1-3,7-10H2. The van der Waals surface area contributed by atoms with Crippen molar-refractivity contribution in [1.82, 2.24) is 0 Å². The van der Waals surface area contributed by atoms with Gasteiger partial charge in [0.05, 0.1) is 17.3 Å². The van der Waals surface area contributed by atoms with Crippen LogP contribution >= 0.6 is 11.6 Å². The first kappa shape index (κ1) is 11.2. The van der Waals surface area contributed by atoms with Crippen molar-refractivity contribution >= 4 is 17.3 Å². The lowest BCUT2D eigenvalue weighted by Gasteiger charge is -2.35. The van der Waals surface area contributed by atoms with Crippen molar-refractivity contribution in [2.45, 2.75) is 32.1 Å². The van der Waals surface area contributed by atoms with E-state index >= 15 is 0 Å². The molecule has 17 heavy (non-hydrogen) atoms. The maximum atomic E-state index is 6.18. The Labute approximate surface area is 107 Å². The van der Waals surface area contributed by atoms with Crippen molar-refractivity contribution in [1.29, 1.82) is 0 Å². The average Bonchev–Trinajstić information content (AvgIpc) is 2.53. The number of nitrogens with one attached hydrogen (secondary N) is 1. The smallest absolute Gasteiger partial charge is 0.160 e. The van der Waals surface area contributed by atoms with Crippen molar-refractivity contribution in [3.8, 4) is 5.75 Å². The monoisotopic (exact) mass is 251 g/mol.